The van der Waals surface area contributed by atoms with Gasteiger partial charge in [-0.1, -0.05) is 49.6 Å². The zero-order chi connectivity index (χ0) is 13.9. The minimum absolute atomic E-state index is 0.246. The number of hydrogen-bond acceptors (Lipinski definition) is 3. The number of primary amides is 1. The maximum Gasteiger partial charge on any atom is 0.404 e. The largest absolute Gasteiger partial charge is 0.445 e. The molecule has 4 heteroatoms. The molecule has 0 atom stereocenters. The third-order valence-corrected chi connectivity index (χ3v) is 3.07. The van der Waals surface area contributed by atoms with E-state index in [1.807, 2.05) is 30.3 Å². The molecule has 0 aromatic heterocycles. The van der Waals surface area contributed by atoms with Crippen LogP contribution in [-0.2, 0) is 16.1 Å². The van der Waals surface area contributed by atoms with Crippen molar-refractivity contribution < 1.29 is 14.3 Å². The summed E-state index contributed by atoms with van der Waals surface area (Å²) in [5.41, 5.74) is 5.72. The first-order valence-electron chi connectivity index (χ1n) is 6.64. The van der Waals surface area contributed by atoms with Gasteiger partial charge >= 0.3 is 6.09 Å². The molecule has 1 aromatic carbocycles. The Labute approximate surface area is 113 Å². The summed E-state index contributed by atoms with van der Waals surface area (Å²) in [7, 11) is 0. The second-order valence-corrected chi connectivity index (χ2v) is 4.63. The third kappa shape index (κ3) is 7.24. The van der Waals surface area contributed by atoms with E-state index in [2.05, 4.69) is 4.74 Å². The van der Waals surface area contributed by atoms with Crippen molar-refractivity contribution in [1.82, 2.24) is 0 Å². The zero-order valence-electron chi connectivity index (χ0n) is 11.1. The summed E-state index contributed by atoms with van der Waals surface area (Å²) in [5.74, 6) is 0.406. The van der Waals surface area contributed by atoms with Crippen molar-refractivity contribution in [3.8, 4) is 0 Å². The highest BCUT2D eigenvalue weighted by Gasteiger charge is 2.10. The van der Waals surface area contributed by atoms with Gasteiger partial charge in [0.1, 0.15) is 12.9 Å². The first-order valence-corrected chi connectivity index (χ1v) is 6.64. The van der Waals surface area contributed by atoms with Crippen LogP contribution in [0.15, 0.2) is 30.3 Å². The fraction of sp³-hybridized carbons (Fsp3) is 0.467. The maximum atomic E-state index is 10.2. The number of hydrogen-bond donors (Lipinski definition) is 1. The van der Waals surface area contributed by atoms with Gasteiger partial charge in [0, 0.05) is 5.92 Å². The predicted octanol–water partition coefficient (Wildman–Crippen LogP) is 3.05. The highest BCUT2D eigenvalue weighted by Crippen LogP contribution is 2.21. The molecular weight excluding hydrogens is 242 g/mol. The van der Waals surface area contributed by atoms with Crippen molar-refractivity contribution in [2.75, 3.05) is 0 Å². The fourth-order valence-corrected chi connectivity index (χ4v) is 2.00. The molecular formula is C15H21NO3. The molecule has 1 amide bonds. The lowest BCUT2D eigenvalue weighted by atomic mass is 9.91. The van der Waals surface area contributed by atoms with E-state index >= 15 is 0 Å². The molecule has 4 nitrogen and oxygen atoms in total. The molecule has 0 aliphatic heterocycles. The van der Waals surface area contributed by atoms with Crippen LogP contribution in [0.2, 0.25) is 0 Å². The van der Waals surface area contributed by atoms with Gasteiger partial charge in [0.2, 0.25) is 0 Å². The molecule has 0 bridgehead atoms. The van der Waals surface area contributed by atoms with Crippen LogP contribution < -0.4 is 5.73 Å². The van der Waals surface area contributed by atoms with E-state index in [0.29, 0.717) is 5.92 Å². The number of carbonyl (C=O) groups is 2. The van der Waals surface area contributed by atoms with Crippen LogP contribution in [0.5, 0.6) is 0 Å². The van der Waals surface area contributed by atoms with E-state index in [0.717, 1.165) is 24.7 Å². The summed E-state index contributed by atoms with van der Waals surface area (Å²) in [5, 5.41) is 0. The van der Waals surface area contributed by atoms with E-state index in [4.69, 9.17) is 5.73 Å². The number of carbonyl (C=O) groups excluding carboxylic acids is 2. The molecule has 1 aliphatic rings. The molecule has 0 saturated heterocycles. The van der Waals surface area contributed by atoms with Crippen molar-refractivity contribution in [3.05, 3.63) is 35.9 Å². The first kappa shape index (κ1) is 15.2. The Morgan fingerprint density at radius 2 is 1.84 bits per heavy atom. The number of nitrogens with two attached hydrogens (primary N) is 1. The Morgan fingerprint density at radius 1 is 1.21 bits per heavy atom. The lowest BCUT2D eigenvalue weighted by molar-refractivity contribution is -0.111. The first-order chi connectivity index (χ1) is 9.22. The van der Waals surface area contributed by atoms with Gasteiger partial charge in [-0.25, -0.2) is 4.79 Å². The summed E-state index contributed by atoms with van der Waals surface area (Å²) in [6, 6.07) is 9.37. The van der Waals surface area contributed by atoms with Crippen LogP contribution in [0.1, 0.15) is 37.7 Å². The van der Waals surface area contributed by atoms with Gasteiger partial charge in [0.05, 0.1) is 0 Å². The van der Waals surface area contributed by atoms with Crippen molar-refractivity contribution in [3.63, 3.8) is 0 Å². The number of ether oxygens (including phenoxy) is 1. The summed E-state index contributed by atoms with van der Waals surface area (Å²) in [6.07, 6.45) is 6.53. The van der Waals surface area contributed by atoms with Gasteiger partial charge in [-0.3, -0.25) is 0 Å². The number of aldehydes is 1. The normalized spacial score (nSPS) is 14.9. The molecule has 2 N–H and O–H groups in total. The average Bonchev–Trinajstić information content (AvgIpc) is 2.48. The molecule has 0 unspecified atom stereocenters. The van der Waals surface area contributed by atoms with Crippen LogP contribution in [0.4, 0.5) is 4.79 Å². The van der Waals surface area contributed by atoms with E-state index < -0.39 is 6.09 Å². The Hall–Kier alpha value is -1.84. The fourth-order valence-electron chi connectivity index (χ4n) is 2.00. The van der Waals surface area contributed by atoms with Crippen LogP contribution in [0.3, 0.4) is 0 Å². The van der Waals surface area contributed by atoms with Crippen LogP contribution >= 0.6 is 0 Å². The van der Waals surface area contributed by atoms with Gasteiger partial charge in [-0.2, -0.15) is 0 Å². The molecule has 1 saturated carbocycles. The van der Waals surface area contributed by atoms with Crippen LogP contribution in [0, 0.1) is 5.92 Å². The Bertz CT molecular complexity index is 372. The summed E-state index contributed by atoms with van der Waals surface area (Å²) in [4.78, 5) is 20.3. The zero-order valence-corrected chi connectivity index (χ0v) is 11.1. The molecule has 104 valence electrons. The maximum absolute atomic E-state index is 10.2. The van der Waals surface area contributed by atoms with Crippen molar-refractivity contribution in [1.29, 1.82) is 0 Å². The summed E-state index contributed by atoms with van der Waals surface area (Å²) < 4.78 is 4.57. The molecule has 1 aliphatic carbocycles. The van der Waals surface area contributed by atoms with Crippen LogP contribution in [-0.4, -0.2) is 12.4 Å². The summed E-state index contributed by atoms with van der Waals surface area (Å²) in [6.45, 7) is 0.246. The standard InChI is InChI=1S/C8H9NO2.C7H12O/c9-8(10)11-6-7-4-2-1-3-5-7;8-6-7-4-2-1-3-5-7/h1-5H,6H2,(H2,9,10);6-7H,1-5H2. The predicted molar refractivity (Wildman–Crippen MR) is 73.5 cm³/mol. The molecule has 0 radical (unpaired) electrons. The third-order valence-electron chi connectivity index (χ3n) is 3.07. The molecule has 0 spiro atoms. The topological polar surface area (TPSA) is 69.4 Å². The van der Waals surface area contributed by atoms with Gasteiger partial charge in [0.15, 0.2) is 0 Å². The summed E-state index contributed by atoms with van der Waals surface area (Å²) >= 11 is 0. The number of amides is 1. The van der Waals surface area contributed by atoms with Gasteiger partial charge in [-0.15, -0.1) is 0 Å². The quantitative estimate of drug-likeness (QED) is 0.852. The van der Waals surface area contributed by atoms with E-state index in [-0.39, 0.29) is 6.61 Å². The molecule has 0 heterocycles. The highest BCUT2D eigenvalue weighted by atomic mass is 16.5. The average molecular weight is 263 g/mol. The number of benzene rings is 1. The smallest absolute Gasteiger partial charge is 0.404 e. The van der Waals surface area contributed by atoms with Crippen molar-refractivity contribution in [2.45, 2.75) is 38.7 Å². The molecule has 1 fully saturated rings. The Balaban J connectivity index is 0.000000200. The van der Waals surface area contributed by atoms with E-state index in [9.17, 15) is 9.59 Å². The molecule has 2 rings (SSSR count). The van der Waals surface area contributed by atoms with Gasteiger partial charge in [-0.05, 0) is 18.4 Å². The molecule has 19 heavy (non-hydrogen) atoms. The second-order valence-electron chi connectivity index (χ2n) is 4.63. The van der Waals surface area contributed by atoms with Crippen molar-refractivity contribution in [2.24, 2.45) is 11.7 Å². The van der Waals surface area contributed by atoms with E-state index in [1.165, 1.54) is 19.3 Å². The second kappa shape index (κ2) is 9.14. The minimum atomic E-state index is -0.742. The number of rotatable bonds is 3. The van der Waals surface area contributed by atoms with Gasteiger partial charge in [0.25, 0.3) is 0 Å². The Kier molecular flexibility index (Phi) is 7.32. The monoisotopic (exact) mass is 263 g/mol. The minimum Gasteiger partial charge on any atom is -0.445 e. The van der Waals surface area contributed by atoms with E-state index in [1.54, 1.807) is 0 Å². The van der Waals surface area contributed by atoms with Crippen molar-refractivity contribution >= 4 is 12.4 Å². The highest BCUT2D eigenvalue weighted by molar-refractivity contribution is 5.64. The molecule has 1 aromatic rings. The lowest BCUT2D eigenvalue weighted by Crippen LogP contribution is -2.12. The SMILES string of the molecule is NC(=O)OCc1ccccc1.O=CC1CCCCC1. The van der Waals surface area contributed by atoms with Gasteiger partial charge < -0.3 is 15.3 Å². The lowest BCUT2D eigenvalue weighted by Gasteiger charge is -2.14. The Morgan fingerprint density at radius 3 is 2.32 bits per heavy atom. The van der Waals surface area contributed by atoms with Crippen LogP contribution in [0.25, 0.3) is 0 Å².